The lowest BCUT2D eigenvalue weighted by molar-refractivity contribution is -0.142. The van der Waals surface area contributed by atoms with Crippen molar-refractivity contribution >= 4 is 11.8 Å². The van der Waals surface area contributed by atoms with E-state index in [4.69, 9.17) is 5.26 Å². The first kappa shape index (κ1) is 16.0. The number of pyridine rings is 1. The monoisotopic (exact) mass is 275 g/mol. The van der Waals surface area contributed by atoms with E-state index in [1.54, 1.807) is 19.1 Å². The molecular weight excluding hydrogens is 254 g/mol. The van der Waals surface area contributed by atoms with Gasteiger partial charge >= 0.3 is 5.97 Å². The third-order valence-electron chi connectivity index (χ3n) is 2.82. The van der Waals surface area contributed by atoms with Gasteiger partial charge in [-0.2, -0.15) is 5.26 Å². The standard InChI is InChI=1S/C15H21N3O2/c1-10-5-11(8-16)6-13(18-10)17-9-12(14(19)20)7-15(2,3)4/h5-6,12H,7,9H2,1-4H3,(H,17,18)(H,19,20). The first-order valence-corrected chi connectivity index (χ1v) is 6.57. The summed E-state index contributed by atoms with van der Waals surface area (Å²) in [5, 5.41) is 21.2. The Morgan fingerprint density at radius 1 is 1.50 bits per heavy atom. The molecule has 1 aromatic rings. The molecule has 2 N–H and O–H groups in total. The molecule has 0 aliphatic rings. The van der Waals surface area contributed by atoms with Gasteiger partial charge in [-0.25, -0.2) is 4.98 Å². The molecule has 0 fully saturated rings. The third kappa shape index (κ3) is 5.27. The second-order valence-electron chi connectivity index (χ2n) is 6.18. The highest BCUT2D eigenvalue weighted by molar-refractivity contribution is 5.70. The van der Waals surface area contributed by atoms with Crippen LogP contribution in [0.4, 0.5) is 5.82 Å². The van der Waals surface area contributed by atoms with Crippen LogP contribution in [-0.4, -0.2) is 22.6 Å². The van der Waals surface area contributed by atoms with E-state index in [0.717, 1.165) is 5.69 Å². The number of carboxylic acids is 1. The lowest BCUT2D eigenvalue weighted by Crippen LogP contribution is -2.27. The van der Waals surface area contributed by atoms with Crippen LogP contribution >= 0.6 is 0 Å². The first-order chi connectivity index (χ1) is 9.21. The highest BCUT2D eigenvalue weighted by Crippen LogP contribution is 2.25. The molecule has 5 nitrogen and oxygen atoms in total. The van der Waals surface area contributed by atoms with E-state index in [9.17, 15) is 9.90 Å². The highest BCUT2D eigenvalue weighted by atomic mass is 16.4. The second kappa shape index (κ2) is 6.38. The van der Waals surface area contributed by atoms with Crippen LogP contribution in [0, 0.1) is 29.6 Å². The van der Waals surface area contributed by atoms with Crippen LogP contribution in [-0.2, 0) is 4.79 Å². The van der Waals surface area contributed by atoms with Crippen LogP contribution in [0.2, 0.25) is 0 Å². The Bertz CT molecular complexity index is 527. The van der Waals surface area contributed by atoms with Gasteiger partial charge in [-0.1, -0.05) is 20.8 Å². The molecule has 1 aromatic heterocycles. The molecular formula is C15H21N3O2. The highest BCUT2D eigenvalue weighted by Gasteiger charge is 2.24. The lowest BCUT2D eigenvalue weighted by atomic mass is 9.84. The molecule has 5 heteroatoms. The fourth-order valence-electron chi connectivity index (χ4n) is 2.04. The van der Waals surface area contributed by atoms with Crippen LogP contribution in [0.25, 0.3) is 0 Å². The van der Waals surface area contributed by atoms with Gasteiger partial charge in [0.15, 0.2) is 0 Å². The molecule has 0 saturated carbocycles. The Kier molecular flexibility index (Phi) is 5.09. The maximum absolute atomic E-state index is 11.3. The van der Waals surface area contributed by atoms with E-state index in [1.807, 2.05) is 20.8 Å². The molecule has 1 heterocycles. The Labute approximate surface area is 119 Å². The number of carboxylic acid groups (broad SMARTS) is 1. The lowest BCUT2D eigenvalue weighted by Gasteiger charge is -2.23. The molecule has 0 aliphatic heterocycles. The average molecular weight is 275 g/mol. The predicted octanol–water partition coefficient (Wildman–Crippen LogP) is 2.81. The zero-order valence-corrected chi connectivity index (χ0v) is 12.4. The summed E-state index contributed by atoms with van der Waals surface area (Å²) in [6.07, 6.45) is 0.576. The second-order valence-corrected chi connectivity index (χ2v) is 6.18. The van der Waals surface area contributed by atoms with Crippen LogP contribution < -0.4 is 5.32 Å². The fourth-order valence-corrected chi connectivity index (χ4v) is 2.04. The summed E-state index contributed by atoms with van der Waals surface area (Å²) in [7, 11) is 0. The minimum Gasteiger partial charge on any atom is -0.481 e. The van der Waals surface area contributed by atoms with Gasteiger partial charge < -0.3 is 10.4 Å². The smallest absolute Gasteiger partial charge is 0.308 e. The third-order valence-corrected chi connectivity index (χ3v) is 2.82. The summed E-state index contributed by atoms with van der Waals surface area (Å²) in [5.41, 5.74) is 1.19. The molecule has 0 bridgehead atoms. The quantitative estimate of drug-likeness (QED) is 0.863. The van der Waals surface area contributed by atoms with Crippen LogP contribution in [0.1, 0.15) is 38.4 Å². The molecule has 0 saturated heterocycles. The van der Waals surface area contributed by atoms with Crippen molar-refractivity contribution in [2.75, 3.05) is 11.9 Å². The van der Waals surface area contributed by atoms with E-state index in [1.165, 1.54) is 0 Å². The number of nitrogens with one attached hydrogen (secondary N) is 1. The van der Waals surface area contributed by atoms with Crippen molar-refractivity contribution < 1.29 is 9.90 Å². The predicted molar refractivity (Wildman–Crippen MR) is 77.4 cm³/mol. The minimum absolute atomic E-state index is 0.0530. The van der Waals surface area contributed by atoms with Crippen LogP contribution in [0.3, 0.4) is 0 Å². The van der Waals surface area contributed by atoms with Crippen molar-refractivity contribution in [3.63, 3.8) is 0 Å². The number of nitriles is 1. The Hall–Kier alpha value is -2.09. The molecule has 0 amide bonds. The van der Waals surface area contributed by atoms with Crippen LogP contribution in [0.15, 0.2) is 12.1 Å². The maximum atomic E-state index is 11.3. The van der Waals surface area contributed by atoms with Gasteiger partial charge in [0.05, 0.1) is 17.6 Å². The maximum Gasteiger partial charge on any atom is 0.308 e. The zero-order valence-electron chi connectivity index (χ0n) is 12.4. The van der Waals surface area contributed by atoms with Crippen molar-refractivity contribution in [2.24, 2.45) is 11.3 Å². The average Bonchev–Trinajstić information content (AvgIpc) is 2.32. The molecule has 1 unspecified atom stereocenters. The number of aromatic nitrogens is 1. The summed E-state index contributed by atoms with van der Waals surface area (Å²) >= 11 is 0. The summed E-state index contributed by atoms with van der Waals surface area (Å²) < 4.78 is 0. The number of carbonyl (C=O) groups is 1. The SMILES string of the molecule is Cc1cc(C#N)cc(NCC(CC(C)(C)C)C(=O)O)n1. The number of aliphatic carboxylic acids is 1. The largest absolute Gasteiger partial charge is 0.481 e. The van der Waals surface area contributed by atoms with Gasteiger partial charge in [0.1, 0.15) is 5.82 Å². The topological polar surface area (TPSA) is 86.0 Å². The number of aryl methyl sites for hydroxylation is 1. The summed E-state index contributed by atoms with van der Waals surface area (Å²) in [5.74, 6) is -0.759. The first-order valence-electron chi connectivity index (χ1n) is 6.57. The van der Waals surface area contributed by atoms with E-state index < -0.39 is 11.9 Å². The molecule has 0 radical (unpaired) electrons. The van der Waals surface area contributed by atoms with Gasteiger partial charge in [0.25, 0.3) is 0 Å². The molecule has 1 atom stereocenters. The summed E-state index contributed by atoms with van der Waals surface area (Å²) in [4.78, 5) is 15.5. The Balaban J connectivity index is 2.76. The van der Waals surface area contributed by atoms with Gasteiger partial charge in [-0.3, -0.25) is 4.79 Å². The van der Waals surface area contributed by atoms with E-state index in [0.29, 0.717) is 24.3 Å². The summed E-state index contributed by atoms with van der Waals surface area (Å²) in [6.45, 7) is 8.15. The van der Waals surface area contributed by atoms with Crippen molar-refractivity contribution in [1.29, 1.82) is 5.26 Å². The van der Waals surface area contributed by atoms with E-state index in [-0.39, 0.29) is 5.41 Å². The molecule has 0 spiro atoms. The fraction of sp³-hybridized carbons (Fsp3) is 0.533. The molecule has 20 heavy (non-hydrogen) atoms. The molecule has 0 aromatic carbocycles. The van der Waals surface area contributed by atoms with Crippen molar-refractivity contribution in [3.8, 4) is 6.07 Å². The molecule has 1 rings (SSSR count). The van der Waals surface area contributed by atoms with Crippen molar-refractivity contribution in [2.45, 2.75) is 34.1 Å². The van der Waals surface area contributed by atoms with Crippen molar-refractivity contribution in [3.05, 3.63) is 23.4 Å². The van der Waals surface area contributed by atoms with Gasteiger partial charge in [-0.15, -0.1) is 0 Å². The number of hydrogen-bond donors (Lipinski definition) is 2. The zero-order chi connectivity index (χ0) is 15.3. The Morgan fingerprint density at radius 2 is 2.15 bits per heavy atom. The number of anilines is 1. The van der Waals surface area contributed by atoms with Gasteiger partial charge in [0.2, 0.25) is 0 Å². The van der Waals surface area contributed by atoms with Crippen LogP contribution in [0.5, 0.6) is 0 Å². The molecule has 0 aliphatic carbocycles. The van der Waals surface area contributed by atoms with Gasteiger partial charge in [0, 0.05) is 12.2 Å². The summed E-state index contributed by atoms with van der Waals surface area (Å²) in [6, 6.07) is 5.38. The number of hydrogen-bond acceptors (Lipinski definition) is 4. The number of rotatable bonds is 5. The van der Waals surface area contributed by atoms with Crippen molar-refractivity contribution in [1.82, 2.24) is 4.98 Å². The van der Waals surface area contributed by atoms with E-state index >= 15 is 0 Å². The number of nitrogens with zero attached hydrogens (tertiary/aromatic N) is 2. The Morgan fingerprint density at radius 3 is 2.65 bits per heavy atom. The molecule has 108 valence electrons. The minimum atomic E-state index is -0.819. The normalized spacial score (nSPS) is 12.6. The van der Waals surface area contributed by atoms with Gasteiger partial charge in [-0.05, 0) is 30.9 Å². The van der Waals surface area contributed by atoms with E-state index in [2.05, 4.69) is 16.4 Å².